The molecule has 386 valence electrons. The van der Waals surface area contributed by atoms with Crippen LogP contribution in [-0.2, 0) is 28.6 Å². The van der Waals surface area contributed by atoms with Gasteiger partial charge in [-0.2, -0.15) is 0 Å². The Morgan fingerprint density at radius 2 is 0.594 bits per heavy atom. The van der Waals surface area contributed by atoms with E-state index in [1.807, 2.05) is 12.2 Å². The van der Waals surface area contributed by atoms with E-state index in [2.05, 4.69) is 154 Å². The van der Waals surface area contributed by atoms with Gasteiger partial charge in [0.2, 0.25) is 0 Å². The number of hydrogen-bond acceptors (Lipinski definition) is 6. The third-order valence-corrected chi connectivity index (χ3v) is 10.8. The number of carbonyl (C=O) groups excluding carboxylic acids is 3. The number of carbonyl (C=O) groups is 3. The van der Waals surface area contributed by atoms with Crippen LogP contribution in [0.3, 0.4) is 0 Å². The van der Waals surface area contributed by atoms with E-state index in [4.69, 9.17) is 14.2 Å². The van der Waals surface area contributed by atoms with Crippen LogP contribution in [-0.4, -0.2) is 37.2 Å². The predicted molar refractivity (Wildman–Crippen MR) is 297 cm³/mol. The highest BCUT2D eigenvalue weighted by Gasteiger charge is 2.19. The van der Waals surface area contributed by atoms with Gasteiger partial charge in [-0.1, -0.05) is 205 Å². The van der Waals surface area contributed by atoms with Crippen molar-refractivity contribution in [2.75, 3.05) is 13.2 Å². The van der Waals surface area contributed by atoms with Gasteiger partial charge >= 0.3 is 17.9 Å². The summed E-state index contributed by atoms with van der Waals surface area (Å²) in [4.78, 5) is 38.0. The molecule has 0 aromatic carbocycles. The number of ether oxygens (including phenoxy) is 3. The van der Waals surface area contributed by atoms with E-state index in [9.17, 15) is 14.4 Å². The molecule has 0 aliphatic heterocycles. The second-order valence-corrected chi connectivity index (χ2v) is 17.4. The van der Waals surface area contributed by atoms with E-state index >= 15 is 0 Å². The smallest absolute Gasteiger partial charge is 0.306 e. The second-order valence-electron chi connectivity index (χ2n) is 17.4. The Balaban J connectivity index is 4.63. The van der Waals surface area contributed by atoms with E-state index in [1.165, 1.54) is 51.4 Å². The molecule has 0 amide bonds. The largest absolute Gasteiger partial charge is 0.462 e. The maximum atomic E-state index is 12.8. The summed E-state index contributed by atoms with van der Waals surface area (Å²) in [6.45, 7) is 6.33. The Kier molecular flexibility index (Phi) is 52.1. The van der Waals surface area contributed by atoms with Crippen LogP contribution in [0.4, 0.5) is 0 Å². The third-order valence-electron chi connectivity index (χ3n) is 10.8. The molecule has 0 aliphatic rings. The maximum absolute atomic E-state index is 12.8. The molecule has 1 atom stereocenters. The lowest BCUT2D eigenvalue weighted by Gasteiger charge is -2.18. The summed E-state index contributed by atoms with van der Waals surface area (Å²) in [5, 5.41) is 0. The van der Waals surface area contributed by atoms with E-state index in [1.54, 1.807) is 0 Å². The SMILES string of the molecule is CC/C=C\C/C=C\C/C=C\C/C=C\CCCCC(=O)O[C@H](COC(=O)CC/C=C\C/C=C\C/C=C\C/C=C\C/C=C\CCCCC)COC(=O)CCCCCC/C=C\C/C=C\C/C=C\CCCCC. The van der Waals surface area contributed by atoms with Gasteiger partial charge in [-0.25, -0.2) is 0 Å². The van der Waals surface area contributed by atoms with Gasteiger partial charge in [-0.3, -0.25) is 14.4 Å². The number of allylic oxidation sites excluding steroid dienone is 24. The van der Waals surface area contributed by atoms with Crippen molar-refractivity contribution in [1.29, 1.82) is 0 Å². The number of unbranched alkanes of at least 4 members (excludes halogenated alkanes) is 12. The molecule has 6 nitrogen and oxygen atoms in total. The van der Waals surface area contributed by atoms with Crippen LogP contribution in [0.5, 0.6) is 0 Å². The molecule has 0 aromatic heterocycles. The number of rotatable bonds is 47. The van der Waals surface area contributed by atoms with Crippen LogP contribution < -0.4 is 0 Å². The van der Waals surface area contributed by atoms with Crippen molar-refractivity contribution >= 4 is 17.9 Å². The van der Waals surface area contributed by atoms with Crippen molar-refractivity contribution in [2.45, 2.75) is 219 Å². The Labute approximate surface area is 423 Å². The highest BCUT2D eigenvalue weighted by molar-refractivity contribution is 5.71. The monoisotopic (exact) mass is 951 g/mol. The minimum Gasteiger partial charge on any atom is -0.462 e. The van der Waals surface area contributed by atoms with E-state index in [0.717, 1.165) is 109 Å². The first-order valence-corrected chi connectivity index (χ1v) is 27.3. The minimum atomic E-state index is -0.846. The molecule has 0 N–H and O–H groups in total. The fourth-order valence-corrected chi connectivity index (χ4v) is 6.71. The van der Waals surface area contributed by atoms with Crippen LogP contribution in [0.15, 0.2) is 146 Å². The lowest BCUT2D eigenvalue weighted by atomic mass is 10.1. The van der Waals surface area contributed by atoms with Crippen molar-refractivity contribution in [3.8, 4) is 0 Å². The highest BCUT2D eigenvalue weighted by atomic mass is 16.6. The first-order valence-electron chi connectivity index (χ1n) is 27.3. The molecule has 0 rings (SSSR count). The fraction of sp³-hybridized carbons (Fsp3) is 0.571. The van der Waals surface area contributed by atoms with Crippen molar-refractivity contribution in [3.05, 3.63) is 146 Å². The van der Waals surface area contributed by atoms with Gasteiger partial charge in [-0.05, 0) is 135 Å². The minimum absolute atomic E-state index is 0.136. The van der Waals surface area contributed by atoms with E-state index in [-0.39, 0.29) is 44.0 Å². The molecule has 0 bridgehead atoms. The van der Waals surface area contributed by atoms with E-state index in [0.29, 0.717) is 19.3 Å². The summed E-state index contributed by atoms with van der Waals surface area (Å²) in [5.41, 5.74) is 0. The zero-order valence-corrected chi connectivity index (χ0v) is 44.0. The Morgan fingerprint density at radius 1 is 0.304 bits per heavy atom. The Morgan fingerprint density at radius 3 is 0.986 bits per heavy atom. The van der Waals surface area contributed by atoms with E-state index < -0.39 is 6.10 Å². The fourth-order valence-electron chi connectivity index (χ4n) is 6.71. The summed E-state index contributed by atoms with van der Waals surface area (Å²) >= 11 is 0. The average molecular weight is 951 g/mol. The Bertz CT molecular complexity index is 1560. The summed E-state index contributed by atoms with van der Waals surface area (Å²) < 4.78 is 16.7. The molecule has 0 radical (unpaired) electrons. The molecule has 0 heterocycles. The van der Waals surface area contributed by atoms with Gasteiger partial charge in [-0.15, -0.1) is 0 Å². The van der Waals surface area contributed by atoms with Crippen molar-refractivity contribution < 1.29 is 28.6 Å². The molecule has 6 heteroatoms. The molecular weight excluding hydrogens is 853 g/mol. The maximum Gasteiger partial charge on any atom is 0.306 e. The normalized spacial score (nSPS) is 13.3. The Hall–Kier alpha value is -4.71. The quantitative estimate of drug-likeness (QED) is 0.0262. The van der Waals surface area contributed by atoms with Gasteiger partial charge in [0, 0.05) is 19.3 Å². The van der Waals surface area contributed by atoms with Crippen molar-refractivity contribution in [3.63, 3.8) is 0 Å². The first-order chi connectivity index (χ1) is 34.0. The second kappa shape index (κ2) is 55.9. The summed E-state index contributed by atoms with van der Waals surface area (Å²) in [6.07, 6.45) is 79.9. The third kappa shape index (κ3) is 54.1. The number of hydrogen-bond donors (Lipinski definition) is 0. The van der Waals surface area contributed by atoms with Gasteiger partial charge in [0.1, 0.15) is 13.2 Å². The molecular formula is C63H98O6. The molecule has 0 aromatic rings. The zero-order chi connectivity index (χ0) is 50.0. The lowest BCUT2D eigenvalue weighted by molar-refractivity contribution is -0.166. The summed E-state index contributed by atoms with van der Waals surface area (Å²) in [7, 11) is 0. The van der Waals surface area contributed by atoms with Crippen LogP contribution in [0.25, 0.3) is 0 Å². The molecule has 69 heavy (non-hydrogen) atoms. The summed E-state index contributed by atoms with van der Waals surface area (Å²) in [5.74, 6) is -1.09. The predicted octanol–water partition coefficient (Wildman–Crippen LogP) is 18.4. The molecule has 0 saturated heterocycles. The first kappa shape index (κ1) is 64.3. The molecule has 0 unspecified atom stereocenters. The van der Waals surface area contributed by atoms with Crippen LogP contribution in [0.2, 0.25) is 0 Å². The number of esters is 3. The molecule has 0 spiro atoms. The highest BCUT2D eigenvalue weighted by Crippen LogP contribution is 2.11. The standard InChI is InChI=1S/C63H98O6/c1-4-7-10-13-16-19-22-25-28-30-31-33-36-38-41-44-47-50-53-56-62(65)68-59-60(69-63(66)57-54-51-48-45-42-39-34-27-24-21-18-15-12-9-6-3)58-67-61(64)55-52-49-46-43-40-37-35-32-29-26-23-20-17-14-11-8-5-2/h9,12,16-21,25-29,31,33-35,37-38,41-42,45,47,50,60H,4-8,10-11,13-15,22-24,30,32,36,39-40,43-44,46,48-49,51-59H2,1-3H3/b12-9-,19-16-,20-17-,21-18-,28-25-,29-26-,33-31-,34-27-,37-35-,41-38-,45-42-,50-47-/t60-/m0/s1. The molecule has 0 aliphatic carbocycles. The van der Waals surface area contributed by atoms with Crippen LogP contribution >= 0.6 is 0 Å². The molecule has 0 fully saturated rings. The van der Waals surface area contributed by atoms with Crippen molar-refractivity contribution in [1.82, 2.24) is 0 Å². The van der Waals surface area contributed by atoms with Gasteiger partial charge in [0.25, 0.3) is 0 Å². The van der Waals surface area contributed by atoms with Crippen molar-refractivity contribution in [2.24, 2.45) is 0 Å². The lowest BCUT2D eigenvalue weighted by Crippen LogP contribution is -2.30. The van der Waals surface area contributed by atoms with Crippen LogP contribution in [0.1, 0.15) is 213 Å². The van der Waals surface area contributed by atoms with Gasteiger partial charge in [0.05, 0.1) is 0 Å². The average Bonchev–Trinajstić information content (AvgIpc) is 3.35. The zero-order valence-electron chi connectivity index (χ0n) is 44.0. The topological polar surface area (TPSA) is 78.9 Å². The molecule has 0 saturated carbocycles. The van der Waals surface area contributed by atoms with Gasteiger partial charge in [0.15, 0.2) is 6.10 Å². The van der Waals surface area contributed by atoms with Gasteiger partial charge < -0.3 is 14.2 Å². The summed E-state index contributed by atoms with van der Waals surface area (Å²) in [6, 6.07) is 0. The van der Waals surface area contributed by atoms with Crippen LogP contribution in [0, 0.1) is 0 Å².